The van der Waals surface area contributed by atoms with Gasteiger partial charge in [0.25, 0.3) is 5.69 Å². The molecule has 2 aromatic rings. The van der Waals surface area contributed by atoms with Gasteiger partial charge in [0.15, 0.2) is 0 Å². The first-order valence-corrected chi connectivity index (χ1v) is 13.2. The average molecular weight is 521 g/mol. The number of ether oxygens (including phenoxy) is 1. The van der Waals surface area contributed by atoms with Crippen molar-refractivity contribution in [1.82, 2.24) is 10.2 Å². The van der Waals surface area contributed by atoms with E-state index < -0.39 is 33.4 Å². The summed E-state index contributed by atoms with van der Waals surface area (Å²) in [4.78, 5) is 38.2. The standard InChI is InChI=1S/C24H32N4O7S/c1-6-13-25-24(30)18(3)26(15-19-8-11-21(35-4)12-9-19)23(29)16-27(36(5,33)34)22-14-20(28(31)32)10-7-17(22)2/h7-12,14,18H,6,13,15-16H2,1-5H3,(H,25,30)/t18-/m1/s1. The molecule has 196 valence electrons. The van der Waals surface area contributed by atoms with Gasteiger partial charge in [-0.25, -0.2) is 8.42 Å². The molecule has 0 bridgehead atoms. The van der Waals surface area contributed by atoms with Crippen LogP contribution in [0, 0.1) is 17.0 Å². The van der Waals surface area contributed by atoms with Gasteiger partial charge in [0.05, 0.1) is 24.0 Å². The van der Waals surface area contributed by atoms with Crippen molar-refractivity contribution in [2.75, 3.05) is 30.8 Å². The second kappa shape index (κ2) is 12.3. The summed E-state index contributed by atoms with van der Waals surface area (Å²) in [5.74, 6) is -0.396. The normalized spacial score (nSPS) is 11.9. The SMILES string of the molecule is CCCNC(=O)[C@@H](C)N(Cc1ccc(OC)cc1)C(=O)CN(c1cc([N+](=O)[O-])ccc1C)S(C)(=O)=O. The predicted octanol–water partition coefficient (Wildman–Crippen LogP) is 2.62. The number of nitro groups is 1. The fourth-order valence-corrected chi connectivity index (χ4v) is 4.38. The van der Waals surface area contributed by atoms with E-state index in [-0.39, 0.29) is 23.8 Å². The number of carbonyl (C=O) groups excluding carboxylic acids is 2. The summed E-state index contributed by atoms with van der Waals surface area (Å²) in [5.41, 5.74) is 0.859. The molecule has 12 heteroatoms. The minimum atomic E-state index is -4.01. The number of amides is 2. The van der Waals surface area contributed by atoms with Crippen LogP contribution in [0.2, 0.25) is 0 Å². The number of hydrogen-bond acceptors (Lipinski definition) is 7. The number of rotatable bonds is 12. The van der Waals surface area contributed by atoms with Gasteiger partial charge in [-0.2, -0.15) is 0 Å². The number of nitrogens with one attached hydrogen (secondary N) is 1. The van der Waals surface area contributed by atoms with Gasteiger partial charge >= 0.3 is 0 Å². The van der Waals surface area contributed by atoms with Crippen molar-refractivity contribution < 1.29 is 27.7 Å². The van der Waals surface area contributed by atoms with Crippen LogP contribution in [0.25, 0.3) is 0 Å². The van der Waals surface area contributed by atoms with Gasteiger partial charge in [-0.3, -0.25) is 24.0 Å². The Kier molecular flexibility index (Phi) is 9.79. The van der Waals surface area contributed by atoms with Crippen molar-refractivity contribution >= 4 is 33.2 Å². The van der Waals surface area contributed by atoms with E-state index in [4.69, 9.17) is 4.74 Å². The molecule has 0 aliphatic heterocycles. The highest BCUT2D eigenvalue weighted by molar-refractivity contribution is 7.92. The Morgan fingerprint density at radius 3 is 2.33 bits per heavy atom. The number of nitro benzene ring substituents is 1. The lowest BCUT2D eigenvalue weighted by molar-refractivity contribution is -0.384. The van der Waals surface area contributed by atoms with Crippen LogP contribution in [0.1, 0.15) is 31.4 Å². The Labute approximate surface area is 211 Å². The second-order valence-electron chi connectivity index (χ2n) is 8.33. The van der Waals surface area contributed by atoms with E-state index in [1.807, 2.05) is 6.92 Å². The summed E-state index contributed by atoms with van der Waals surface area (Å²) >= 11 is 0. The zero-order valence-corrected chi connectivity index (χ0v) is 21.9. The van der Waals surface area contributed by atoms with Crippen LogP contribution >= 0.6 is 0 Å². The number of sulfonamides is 1. The molecule has 0 saturated carbocycles. The van der Waals surface area contributed by atoms with E-state index >= 15 is 0 Å². The zero-order chi connectivity index (χ0) is 27.0. The highest BCUT2D eigenvalue weighted by atomic mass is 32.2. The minimum Gasteiger partial charge on any atom is -0.497 e. The number of carbonyl (C=O) groups is 2. The molecule has 1 N–H and O–H groups in total. The maximum absolute atomic E-state index is 13.5. The fourth-order valence-electron chi connectivity index (χ4n) is 3.48. The van der Waals surface area contributed by atoms with Gasteiger partial charge in [-0.05, 0) is 43.5 Å². The molecule has 2 amide bonds. The van der Waals surface area contributed by atoms with Crippen LogP contribution < -0.4 is 14.4 Å². The van der Waals surface area contributed by atoms with E-state index in [1.54, 1.807) is 38.1 Å². The molecule has 0 saturated heterocycles. The largest absolute Gasteiger partial charge is 0.497 e. The lowest BCUT2D eigenvalue weighted by Gasteiger charge is -2.31. The summed E-state index contributed by atoms with van der Waals surface area (Å²) in [7, 11) is -2.48. The summed E-state index contributed by atoms with van der Waals surface area (Å²) in [6, 6.07) is 9.82. The molecular weight excluding hydrogens is 488 g/mol. The number of anilines is 1. The molecule has 1 atom stereocenters. The Morgan fingerprint density at radius 2 is 1.81 bits per heavy atom. The van der Waals surface area contributed by atoms with Crippen molar-refractivity contribution in [2.45, 2.75) is 39.8 Å². The molecule has 0 aromatic heterocycles. The van der Waals surface area contributed by atoms with Crippen molar-refractivity contribution in [3.8, 4) is 5.75 Å². The molecule has 0 aliphatic rings. The molecule has 2 aromatic carbocycles. The third-order valence-electron chi connectivity index (χ3n) is 5.58. The summed E-state index contributed by atoms with van der Waals surface area (Å²) in [5, 5.41) is 14.0. The fraction of sp³-hybridized carbons (Fsp3) is 0.417. The number of non-ortho nitro benzene ring substituents is 1. The van der Waals surface area contributed by atoms with Crippen molar-refractivity contribution in [1.29, 1.82) is 0 Å². The van der Waals surface area contributed by atoms with Gasteiger partial charge < -0.3 is 15.0 Å². The van der Waals surface area contributed by atoms with Crippen LogP contribution in [-0.2, 0) is 26.2 Å². The molecule has 36 heavy (non-hydrogen) atoms. The summed E-state index contributed by atoms with van der Waals surface area (Å²) in [6.07, 6.45) is 1.63. The summed E-state index contributed by atoms with van der Waals surface area (Å²) in [6.45, 7) is 4.89. The zero-order valence-electron chi connectivity index (χ0n) is 21.1. The van der Waals surface area contributed by atoms with Crippen molar-refractivity contribution in [2.24, 2.45) is 0 Å². The third kappa shape index (κ3) is 7.41. The maximum Gasteiger partial charge on any atom is 0.271 e. The van der Waals surface area contributed by atoms with E-state index in [0.29, 0.717) is 29.8 Å². The lowest BCUT2D eigenvalue weighted by atomic mass is 10.1. The molecule has 0 fully saturated rings. The Hall–Kier alpha value is -3.67. The van der Waals surface area contributed by atoms with Crippen LogP contribution in [0.15, 0.2) is 42.5 Å². The first kappa shape index (κ1) is 28.6. The van der Waals surface area contributed by atoms with Crippen LogP contribution in [0.4, 0.5) is 11.4 Å². The average Bonchev–Trinajstić information content (AvgIpc) is 2.83. The molecule has 2 rings (SSSR count). The lowest BCUT2D eigenvalue weighted by Crippen LogP contribution is -2.51. The number of methoxy groups -OCH3 is 1. The summed E-state index contributed by atoms with van der Waals surface area (Å²) < 4.78 is 31.4. The van der Waals surface area contributed by atoms with E-state index in [2.05, 4.69) is 5.32 Å². The highest BCUT2D eigenvalue weighted by Crippen LogP contribution is 2.28. The smallest absolute Gasteiger partial charge is 0.271 e. The maximum atomic E-state index is 13.5. The Balaban J connectivity index is 2.45. The predicted molar refractivity (Wildman–Crippen MR) is 136 cm³/mol. The van der Waals surface area contributed by atoms with Crippen molar-refractivity contribution in [3.63, 3.8) is 0 Å². The molecule has 0 spiro atoms. The molecule has 0 unspecified atom stereocenters. The van der Waals surface area contributed by atoms with Crippen LogP contribution in [0.3, 0.4) is 0 Å². The third-order valence-corrected chi connectivity index (χ3v) is 6.71. The van der Waals surface area contributed by atoms with Gasteiger partial charge in [0.1, 0.15) is 18.3 Å². The van der Waals surface area contributed by atoms with Gasteiger partial charge in [-0.1, -0.05) is 25.1 Å². The molecular formula is C24H32N4O7S. The molecule has 0 aliphatic carbocycles. The molecule has 0 radical (unpaired) electrons. The Bertz CT molecular complexity index is 1200. The van der Waals surface area contributed by atoms with Gasteiger partial charge in [0, 0.05) is 25.2 Å². The van der Waals surface area contributed by atoms with Crippen LogP contribution in [0.5, 0.6) is 5.75 Å². The van der Waals surface area contributed by atoms with E-state index in [1.165, 1.54) is 24.1 Å². The number of benzene rings is 2. The van der Waals surface area contributed by atoms with Gasteiger partial charge in [-0.15, -0.1) is 0 Å². The quantitative estimate of drug-likeness (QED) is 0.335. The topological polar surface area (TPSA) is 139 Å². The van der Waals surface area contributed by atoms with E-state index in [9.17, 15) is 28.1 Å². The monoisotopic (exact) mass is 520 g/mol. The first-order chi connectivity index (χ1) is 16.9. The molecule has 0 heterocycles. The number of nitrogens with zero attached hydrogens (tertiary/aromatic N) is 3. The molecule has 11 nitrogen and oxygen atoms in total. The van der Waals surface area contributed by atoms with Gasteiger partial charge in [0.2, 0.25) is 21.8 Å². The highest BCUT2D eigenvalue weighted by Gasteiger charge is 2.31. The number of aryl methyl sites for hydroxylation is 1. The Morgan fingerprint density at radius 1 is 1.17 bits per heavy atom. The number of hydrogen-bond donors (Lipinski definition) is 1. The minimum absolute atomic E-state index is 0.0209. The van der Waals surface area contributed by atoms with E-state index in [0.717, 1.165) is 16.6 Å². The van der Waals surface area contributed by atoms with Crippen LogP contribution in [-0.4, -0.2) is 62.6 Å². The second-order valence-corrected chi connectivity index (χ2v) is 10.2. The van der Waals surface area contributed by atoms with Crippen molar-refractivity contribution in [3.05, 3.63) is 63.7 Å². The first-order valence-electron chi connectivity index (χ1n) is 11.3.